The van der Waals surface area contributed by atoms with E-state index in [0.29, 0.717) is 24.5 Å². The van der Waals surface area contributed by atoms with Crippen molar-refractivity contribution in [3.8, 4) is 16.9 Å². The van der Waals surface area contributed by atoms with Crippen molar-refractivity contribution in [3.63, 3.8) is 0 Å². The highest BCUT2D eigenvalue weighted by Crippen LogP contribution is 2.34. The quantitative estimate of drug-likeness (QED) is 0.286. The molecule has 0 aliphatic rings. The third-order valence-electron chi connectivity index (χ3n) is 6.26. The Hall–Kier alpha value is -4.03. The largest absolute Gasteiger partial charge is 0.416 e. The highest BCUT2D eigenvalue weighted by Gasteiger charge is 2.33. The maximum atomic E-state index is 13.7. The molecular weight excluding hydrogens is 497 g/mol. The first kappa shape index (κ1) is 27.0. The van der Waals surface area contributed by atoms with E-state index in [1.165, 1.54) is 12.1 Å². The molecule has 2 aromatic carbocycles. The van der Waals surface area contributed by atoms with Crippen LogP contribution < -0.4 is 16.0 Å². The van der Waals surface area contributed by atoms with Gasteiger partial charge in [0.25, 0.3) is 5.91 Å². The van der Waals surface area contributed by atoms with Gasteiger partial charge in [0, 0.05) is 49.2 Å². The van der Waals surface area contributed by atoms with Crippen LogP contribution in [-0.2, 0) is 19.8 Å². The maximum absolute atomic E-state index is 13.7. The molecule has 0 saturated carbocycles. The number of carbonyl (C=O) groups is 1. The summed E-state index contributed by atoms with van der Waals surface area (Å²) >= 11 is 0. The van der Waals surface area contributed by atoms with Crippen LogP contribution in [0.5, 0.6) is 0 Å². The highest BCUT2D eigenvalue weighted by atomic mass is 19.4. The molecule has 0 aliphatic heterocycles. The van der Waals surface area contributed by atoms with Crippen molar-refractivity contribution < 1.29 is 18.0 Å². The molecule has 2 aromatic heterocycles. The van der Waals surface area contributed by atoms with E-state index in [2.05, 4.69) is 31.4 Å². The number of hydrogen-bond donors (Lipinski definition) is 3. The van der Waals surface area contributed by atoms with Crippen LogP contribution in [0.25, 0.3) is 16.9 Å². The van der Waals surface area contributed by atoms with E-state index >= 15 is 0 Å². The van der Waals surface area contributed by atoms with Gasteiger partial charge in [0.05, 0.1) is 23.6 Å². The van der Waals surface area contributed by atoms with Crippen LogP contribution in [0.3, 0.4) is 0 Å². The molecule has 4 aromatic rings. The molecule has 38 heavy (non-hydrogen) atoms. The van der Waals surface area contributed by atoms with Gasteiger partial charge in [0.2, 0.25) is 0 Å². The standard InChI is InChI=1S/C26H29F3N8O/c1-16-5-6-18(11-24(16)37-15-23(34-35-37)21-14-32-36(4)17(21)2)25(38)33-20-8-7-19(13-31-10-9-30-3)22(12-20)26(27,28)29/h5-8,11-12,14-15,30-31H,9-10,13H2,1-4H3,(H,33,38). The third-order valence-corrected chi connectivity index (χ3v) is 6.26. The van der Waals surface area contributed by atoms with E-state index in [1.54, 1.807) is 47.0 Å². The van der Waals surface area contributed by atoms with Crippen molar-refractivity contribution in [2.24, 2.45) is 7.05 Å². The van der Waals surface area contributed by atoms with Gasteiger partial charge in [-0.1, -0.05) is 17.3 Å². The number of nitrogens with one attached hydrogen (secondary N) is 3. The minimum Gasteiger partial charge on any atom is -0.322 e. The predicted molar refractivity (Wildman–Crippen MR) is 138 cm³/mol. The number of anilines is 1. The van der Waals surface area contributed by atoms with E-state index in [-0.39, 0.29) is 23.4 Å². The minimum absolute atomic E-state index is 0.0542. The summed E-state index contributed by atoms with van der Waals surface area (Å²) in [5.74, 6) is -0.539. The first-order chi connectivity index (χ1) is 18.1. The summed E-state index contributed by atoms with van der Waals surface area (Å²) in [6.07, 6.45) is -1.11. The molecular formula is C26H29F3N8O. The number of nitrogens with zero attached hydrogens (tertiary/aromatic N) is 5. The summed E-state index contributed by atoms with van der Waals surface area (Å²) in [7, 11) is 3.60. The zero-order chi connectivity index (χ0) is 27.4. The number of rotatable bonds is 9. The number of benzene rings is 2. The van der Waals surface area contributed by atoms with Crippen molar-refractivity contribution in [2.45, 2.75) is 26.6 Å². The van der Waals surface area contributed by atoms with E-state index in [1.807, 2.05) is 20.9 Å². The average molecular weight is 527 g/mol. The summed E-state index contributed by atoms with van der Waals surface area (Å²) in [4.78, 5) is 13.0. The number of alkyl halides is 3. The summed E-state index contributed by atoms with van der Waals surface area (Å²) in [5.41, 5.74) is 3.50. The van der Waals surface area contributed by atoms with Crippen molar-refractivity contribution in [1.29, 1.82) is 0 Å². The molecule has 1 amide bonds. The van der Waals surface area contributed by atoms with Gasteiger partial charge in [-0.25, -0.2) is 4.68 Å². The lowest BCUT2D eigenvalue weighted by Crippen LogP contribution is -2.25. The van der Waals surface area contributed by atoms with Crippen molar-refractivity contribution >= 4 is 11.6 Å². The Morgan fingerprint density at radius 3 is 2.55 bits per heavy atom. The fourth-order valence-corrected chi connectivity index (χ4v) is 3.96. The molecule has 0 unspecified atom stereocenters. The molecule has 4 rings (SSSR count). The molecule has 0 radical (unpaired) electrons. The second kappa shape index (κ2) is 11.2. The van der Waals surface area contributed by atoms with Crippen LogP contribution >= 0.6 is 0 Å². The fraction of sp³-hybridized carbons (Fsp3) is 0.308. The van der Waals surface area contributed by atoms with E-state index in [0.717, 1.165) is 22.9 Å². The molecule has 0 saturated heterocycles. The van der Waals surface area contributed by atoms with Crippen LogP contribution in [0.1, 0.15) is 32.7 Å². The van der Waals surface area contributed by atoms with Crippen LogP contribution in [-0.4, -0.2) is 50.8 Å². The van der Waals surface area contributed by atoms with Crippen molar-refractivity contribution in [3.05, 3.63) is 76.7 Å². The molecule has 2 heterocycles. The molecule has 3 N–H and O–H groups in total. The number of amides is 1. The highest BCUT2D eigenvalue weighted by molar-refractivity contribution is 6.04. The normalized spacial score (nSPS) is 11.7. The molecule has 0 spiro atoms. The van der Waals surface area contributed by atoms with Crippen LogP contribution in [0.2, 0.25) is 0 Å². The predicted octanol–water partition coefficient (Wildman–Crippen LogP) is 3.86. The van der Waals surface area contributed by atoms with E-state index in [4.69, 9.17) is 0 Å². The Balaban J connectivity index is 1.55. The second-order valence-corrected chi connectivity index (χ2v) is 8.92. The Morgan fingerprint density at radius 2 is 1.87 bits per heavy atom. The number of aryl methyl sites for hydroxylation is 2. The summed E-state index contributed by atoms with van der Waals surface area (Å²) in [6, 6.07) is 8.80. The number of carbonyl (C=O) groups excluding carboxylic acids is 1. The summed E-state index contributed by atoms with van der Waals surface area (Å²) in [6.45, 7) is 5.01. The lowest BCUT2D eigenvalue weighted by Gasteiger charge is -2.16. The molecule has 9 nitrogen and oxygen atoms in total. The number of halogens is 3. The number of aromatic nitrogens is 5. The molecule has 0 aliphatic carbocycles. The summed E-state index contributed by atoms with van der Waals surface area (Å²) in [5, 5.41) is 21.2. The molecule has 0 atom stereocenters. The zero-order valence-corrected chi connectivity index (χ0v) is 21.5. The van der Waals surface area contributed by atoms with Gasteiger partial charge in [-0.2, -0.15) is 18.3 Å². The van der Waals surface area contributed by atoms with Crippen LogP contribution in [0.15, 0.2) is 48.8 Å². The number of hydrogen-bond acceptors (Lipinski definition) is 6. The Morgan fingerprint density at radius 1 is 1.08 bits per heavy atom. The smallest absolute Gasteiger partial charge is 0.322 e. The topological polar surface area (TPSA) is 102 Å². The van der Waals surface area contributed by atoms with Gasteiger partial charge in [-0.05, 0) is 56.3 Å². The van der Waals surface area contributed by atoms with Crippen LogP contribution in [0, 0.1) is 13.8 Å². The summed E-state index contributed by atoms with van der Waals surface area (Å²) < 4.78 is 44.5. The average Bonchev–Trinajstić information content (AvgIpc) is 3.48. The monoisotopic (exact) mass is 526 g/mol. The third kappa shape index (κ3) is 5.92. The second-order valence-electron chi connectivity index (χ2n) is 8.92. The first-order valence-corrected chi connectivity index (χ1v) is 12.0. The van der Waals surface area contributed by atoms with Gasteiger partial charge in [-0.15, -0.1) is 5.10 Å². The minimum atomic E-state index is -4.56. The first-order valence-electron chi connectivity index (χ1n) is 12.0. The molecule has 12 heteroatoms. The maximum Gasteiger partial charge on any atom is 0.416 e. The Kier molecular flexibility index (Phi) is 7.93. The lowest BCUT2D eigenvalue weighted by molar-refractivity contribution is -0.138. The molecule has 0 fully saturated rings. The van der Waals surface area contributed by atoms with Crippen molar-refractivity contribution in [1.82, 2.24) is 35.4 Å². The fourth-order valence-electron chi connectivity index (χ4n) is 3.96. The lowest BCUT2D eigenvalue weighted by atomic mass is 10.1. The van der Waals surface area contributed by atoms with Gasteiger partial charge < -0.3 is 16.0 Å². The van der Waals surface area contributed by atoms with Gasteiger partial charge in [0.15, 0.2) is 0 Å². The van der Waals surface area contributed by atoms with Crippen LogP contribution in [0.4, 0.5) is 18.9 Å². The van der Waals surface area contributed by atoms with Gasteiger partial charge in [0.1, 0.15) is 5.69 Å². The van der Waals surface area contributed by atoms with Gasteiger partial charge >= 0.3 is 6.18 Å². The van der Waals surface area contributed by atoms with E-state index in [9.17, 15) is 18.0 Å². The van der Waals surface area contributed by atoms with Gasteiger partial charge in [-0.3, -0.25) is 9.48 Å². The van der Waals surface area contributed by atoms with E-state index < -0.39 is 17.6 Å². The number of likely N-dealkylation sites (N-methyl/N-ethyl adjacent to an activating group) is 1. The molecule has 200 valence electrons. The Bertz CT molecular complexity index is 1440. The SMILES string of the molecule is CNCCNCc1ccc(NC(=O)c2ccc(C)c(-n3cc(-c4cnn(C)c4C)nn3)c2)cc1C(F)(F)F. The Labute approximate surface area is 218 Å². The zero-order valence-electron chi connectivity index (χ0n) is 21.5. The molecule has 0 bridgehead atoms. The van der Waals surface area contributed by atoms with Crippen molar-refractivity contribution in [2.75, 3.05) is 25.5 Å².